The largest absolute Gasteiger partial charge is 0.381 e. The fraction of sp³-hybridized carbons (Fsp3) is 0.600. The average Bonchev–Trinajstić information content (AvgIpc) is 2.15. The number of nitrogens with zero attached hydrogens (tertiary/aromatic N) is 2. The van der Waals surface area contributed by atoms with Crippen molar-refractivity contribution in [3.8, 4) is 0 Å². The van der Waals surface area contributed by atoms with E-state index in [0.717, 1.165) is 12.1 Å². The first-order valence-electron chi connectivity index (χ1n) is 4.97. The van der Waals surface area contributed by atoms with Crippen LogP contribution in [0.15, 0.2) is 12.3 Å². The second kappa shape index (κ2) is 5.81. The normalized spacial score (nSPS) is 12.5. The van der Waals surface area contributed by atoms with Gasteiger partial charge in [0.2, 0.25) is 0 Å². The molecule has 0 spiro atoms. The number of nitrogens with one attached hydrogen (secondary N) is 1. The number of hydrogen-bond acceptors (Lipinski definition) is 3. The second-order valence-corrected chi connectivity index (χ2v) is 3.84. The van der Waals surface area contributed by atoms with Crippen molar-refractivity contribution in [3.05, 3.63) is 17.4 Å². The van der Waals surface area contributed by atoms with Crippen molar-refractivity contribution < 1.29 is 0 Å². The highest BCUT2D eigenvalue weighted by molar-refractivity contribution is 6.29. The third-order valence-corrected chi connectivity index (χ3v) is 2.21. The first-order chi connectivity index (χ1) is 6.72. The van der Waals surface area contributed by atoms with Crippen LogP contribution in [0.4, 0.5) is 5.69 Å². The van der Waals surface area contributed by atoms with E-state index in [2.05, 4.69) is 29.4 Å². The zero-order valence-electron chi connectivity index (χ0n) is 8.63. The summed E-state index contributed by atoms with van der Waals surface area (Å²) in [6.45, 7) is 4.35. The van der Waals surface area contributed by atoms with Crippen molar-refractivity contribution in [1.82, 2.24) is 10.2 Å². The number of anilines is 1. The average molecular weight is 214 g/mol. The lowest BCUT2D eigenvalue weighted by molar-refractivity contribution is 0.644. The molecule has 3 nitrogen and oxygen atoms in total. The van der Waals surface area contributed by atoms with Gasteiger partial charge in [-0.3, -0.25) is 0 Å². The molecule has 0 fully saturated rings. The molecule has 4 heteroatoms. The number of hydrogen-bond donors (Lipinski definition) is 1. The van der Waals surface area contributed by atoms with E-state index >= 15 is 0 Å². The van der Waals surface area contributed by atoms with Crippen molar-refractivity contribution in [3.63, 3.8) is 0 Å². The van der Waals surface area contributed by atoms with E-state index in [1.807, 2.05) is 0 Å². The molecule has 1 aromatic heterocycles. The molecule has 0 aromatic carbocycles. The Morgan fingerprint density at radius 2 is 2.36 bits per heavy atom. The molecule has 0 bridgehead atoms. The number of halogens is 1. The first-order valence-corrected chi connectivity index (χ1v) is 5.35. The highest BCUT2D eigenvalue weighted by Crippen LogP contribution is 2.13. The summed E-state index contributed by atoms with van der Waals surface area (Å²) >= 11 is 5.72. The molecule has 1 rings (SSSR count). The van der Waals surface area contributed by atoms with Crippen LogP contribution in [-0.4, -0.2) is 16.2 Å². The van der Waals surface area contributed by atoms with Gasteiger partial charge in [0.25, 0.3) is 0 Å². The summed E-state index contributed by atoms with van der Waals surface area (Å²) < 4.78 is 0. The minimum absolute atomic E-state index is 0.428. The Labute approximate surface area is 89.9 Å². The zero-order valence-corrected chi connectivity index (χ0v) is 9.38. The van der Waals surface area contributed by atoms with Gasteiger partial charge in [0, 0.05) is 12.1 Å². The SMILES string of the molecule is CCCCC(C)Nc1cnnc(Cl)c1. The third kappa shape index (κ3) is 3.92. The van der Waals surface area contributed by atoms with Gasteiger partial charge in [-0.15, -0.1) is 5.10 Å². The molecule has 0 aliphatic carbocycles. The quantitative estimate of drug-likeness (QED) is 0.817. The molecule has 1 atom stereocenters. The van der Waals surface area contributed by atoms with Gasteiger partial charge in [-0.1, -0.05) is 31.4 Å². The summed E-state index contributed by atoms with van der Waals surface area (Å²) in [6.07, 6.45) is 5.31. The summed E-state index contributed by atoms with van der Waals surface area (Å²) in [5, 5.41) is 11.2. The van der Waals surface area contributed by atoms with Gasteiger partial charge in [-0.05, 0) is 13.3 Å². The summed E-state index contributed by atoms with van der Waals surface area (Å²) in [5.41, 5.74) is 0.939. The molecule has 0 saturated heterocycles. The van der Waals surface area contributed by atoms with Crippen molar-refractivity contribution in [2.75, 3.05) is 5.32 Å². The van der Waals surface area contributed by atoms with Crippen LogP contribution >= 0.6 is 11.6 Å². The van der Waals surface area contributed by atoms with Crippen molar-refractivity contribution in [2.45, 2.75) is 39.2 Å². The standard InChI is InChI=1S/C10H16ClN3/c1-3-4-5-8(2)13-9-6-10(11)14-12-7-9/h6-8H,3-5H2,1-2H3,(H,13,14). The molecule has 1 heterocycles. The van der Waals surface area contributed by atoms with Crippen LogP contribution in [0.5, 0.6) is 0 Å². The molecule has 1 unspecified atom stereocenters. The van der Waals surface area contributed by atoms with Gasteiger partial charge in [-0.25, -0.2) is 0 Å². The van der Waals surface area contributed by atoms with Crippen LogP contribution in [0.2, 0.25) is 5.15 Å². The molecule has 0 aliphatic rings. The fourth-order valence-electron chi connectivity index (χ4n) is 1.29. The van der Waals surface area contributed by atoms with Gasteiger partial charge in [0.1, 0.15) is 0 Å². The monoisotopic (exact) mass is 213 g/mol. The van der Waals surface area contributed by atoms with Gasteiger partial charge in [0.15, 0.2) is 5.15 Å². The maximum Gasteiger partial charge on any atom is 0.153 e. The second-order valence-electron chi connectivity index (χ2n) is 3.45. The smallest absolute Gasteiger partial charge is 0.153 e. The molecular formula is C10H16ClN3. The van der Waals surface area contributed by atoms with Crippen molar-refractivity contribution in [1.29, 1.82) is 0 Å². The van der Waals surface area contributed by atoms with Crippen molar-refractivity contribution >= 4 is 17.3 Å². The number of rotatable bonds is 5. The molecule has 1 aromatic rings. The maximum atomic E-state index is 5.72. The molecule has 0 aliphatic heterocycles. The molecule has 14 heavy (non-hydrogen) atoms. The van der Waals surface area contributed by atoms with Crippen LogP contribution in [0.25, 0.3) is 0 Å². The summed E-state index contributed by atoms with van der Waals surface area (Å²) in [6, 6.07) is 2.24. The minimum Gasteiger partial charge on any atom is -0.381 e. The lowest BCUT2D eigenvalue weighted by Crippen LogP contribution is -2.14. The van der Waals surface area contributed by atoms with E-state index in [0.29, 0.717) is 11.2 Å². The Bertz CT molecular complexity index is 278. The van der Waals surface area contributed by atoms with Crippen LogP contribution in [0.3, 0.4) is 0 Å². The van der Waals surface area contributed by atoms with Crippen LogP contribution in [-0.2, 0) is 0 Å². The maximum absolute atomic E-state index is 5.72. The van der Waals surface area contributed by atoms with Crippen LogP contribution < -0.4 is 5.32 Å². The lowest BCUT2D eigenvalue weighted by Gasteiger charge is -2.13. The van der Waals surface area contributed by atoms with E-state index in [4.69, 9.17) is 11.6 Å². The van der Waals surface area contributed by atoms with E-state index in [1.54, 1.807) is 12.3 Å². The lowest BCUT2D eigenvalue weighted by atomic mass is 10.1. The van der Waals surface area contributed by atoms with Crippen molar-refractivity contribution in [2.24, 2.45) is 0 Å². The Hall–Kier alpha value is -0.830. The first kappa shape index (κ1) is 11.2. The van der Waals surface area contributed by atoms with Crippen LogP contribution in [0, 0.1) is 0 Å². The summed E-state index contributed by atoms with van der Waals surface area (Å²) in [7, 11) is 0. The van der Waals surface area contributed by atoms with Gasteiger partial charge < -0.3 is 5.32 Å². The Morgan fingerprint density at radius 3 is 3.00 bits per heavy atom. The van der Waals surface area contributed by atoms with Gasteiger partial charge in [-0.2, -0.15) is 5.10 Å². The van der Waals surface area contributed by atoms with E-state index in [9.17, 15) is 0 Å². The van der Waals surface area contributed by atoms with Gasteiger partial charge >= 0.3 is 0 Å². The molecule has 0 saturated carbocycles. The third-order valence-electron chi connectivity index (χ3n) is 2.03. The molecule has 78 valence electrons. The summed E-state index contributed by atoms with van der Waals surface area (Å²) in [5.74, 6) is 0. The number of aromatic nitrogens is 2. The predicted molar refractivity (Wildman–Crippen MR) is 59.7 cm³/mol. The fourth-order valence-corrected chi connectivity index (χ4v) is 1.45. The topological polar surface area (TPSA) is 37.8 Å². The van der Waals surface area contributed by atoms with E-state index in [-0.39, 0.29) is 0 Å². The Kier molecular flexibility index (Phi) is 4.66. The van der Waals surface area contributed by atoms with Gasteiger partial charge in [0.05, 0.1) is 11.9 Å². The van der Waals surface area contributed by atoms with Crippen LogP contribution in [0.1, 0.15) is 33.1 Å². The molecule has 1 N–H and O–H groups in total. The zero-order chi connectivity index (χ0) is 10.4. The highest BCUT2D eigenvalue weighted by Gasteiger charge is 2.02. The Morgan fingerprint density at radius 1 is 1.57 bits per heavy atom. The number of unbranched alkanes of at least 4 members (excludes halogenated alkanes) is 1. The minimum atomic E-state index is 0.428. The molecular weight excluding hydrogens is 198 g/mol. The van der Waals surface area contributed by atoms with E-state index in [1.165, 1.54) is 12.8 Å². The predicted octanol–water partition coefficient (Wildman–Crippen LogP) is 3.12. The molecule has 0 radical (unpaired) electrons. The van der Waals surface area contributed by atoms with E-state index < -0.39 is 0 Å². The highest BCUT2D eigenvalue weighted by atomic mass is 35.5. The Balaban J connectivity index is 2.43. The summed E-state index contributed by atoms with van der Waals surface area (Å²) in [4.78, 5) is 0. The molecule has 0 amide bonds.